The molecule has 0 aliphatic carbocycles. The highest BCUT2D eigenvalue weighted by molar-refractivity contribution is 9.10. The van der Waals surface area contributed by atoms with E-state index >= 15 is 0 Å². The Kier molecular flexibility index (Phi) is 7.89. The second kappa shape index (κ2) is 10.9. The number of hydrogen-bond acceptors (Lipinski definition) is 4. The van der Waals surface area contributed by atoms with Gasteiger partial charge in [0.15, 0.2) is 0 Å². The molecule has 178 valence electrons. The monoisotopic (exact) mass is 541 g/mol. The number of amides is 1. The number of hydrogen-bond donors (Lipinski definition) is 1. The largest absolute Gasteiger partial charge is 0.356 e. The Bertz CT molecular complexity index is 1220. The molecule has 3 aromatic rings. The molecule has 2 heterocycles. The number of Topliss-reactive ketones (excluding diaryl/α,β-unsaturated/α-hetero) is 1. The third-order valence-corrected chi connectivity index (χ3v) is 7.33. The predicted molar refractivity (Wildman–Crippen MR) is 142 cm³/mol. The number of halogens is 2. The number of nitrogens with zero attached hydrogens (tertiary/aromatic N) is 2. The molecule has 0 radical (unpaired) electrons. The minimum absolute atomic E-state index is 0.0558. The lowest BCUT2D eigenvalue weighted by Crippen LogP contribution is -2.30. The summed E-state index contributed by atoms with van der Waals surface area (Å²) in [5.41, 5.74) is 3.29. The molecule has 1 N–H and O–H groups in total. The van der Waals surface area contributed by atoms with Crippen molar-refractivity contribution in [2.75, 3.05) is 24.5 Å². The average Bonchev–Trinajstić information content (AvgIpc) is 3.34. The lowest BCUT2D eigenvalue weighted by Gasteiger charge is -2.23. The van der Waals surface area contributed by atoms with E-state index in [0.29, 0.717) is 30.0 Å². The van der Waals surface area contributed by atoms with Crippen LogP contribution in [0.15, 0.2) is 46.9 Å². The van der Waals surface area contributed by atoms with Crippen LogP contribution in [0.5, 0.6) is 0 Å². The normalized spacial score (nSPS) is 14.4. The van der Waals surface area contributed by atoms with Crippen LogP contribution >= 0.6 is 27.5 Å². The van der Waals surface area contributed by atoms with E-state index in [0.717, 1.165) is 58.3 Å². The Morgan fingerprint density at radius 1 is 1.18 bits per heavy atom. The first-order valence-electron chi connectivity index (χ1n) is 11.7. The molecule has 0 spiro atoms. The molecular weight excluding hydrogens is 514 g/mol. The smallest absolute Gasteiger partial charge is 0.252 e. The molecule has 0 saturated carbocycles. The Labute approximate surface area is 214 Å². The first kappa shape index (κ1) is 24.7. The number of benzene rings is 2. The van der Waals surface area contributed by atoms with Crippen molar-refractivity contribution in [3.05, 3.63) is 68.7 Å². The second-order valence-electron chi connectivity index (χ2n) is 8.96. The lowest BCUT2D eigenvalue weighted by molar-refractivity contribution is -0.117. The van der Waals surface area contributed by atoms with Gasteiger partial charge in [0.05, 0.1) is 11.1 Å². The van der Waals surface area contributed by atoms with E-state index in [9.17, 15) is 9.59 Å². The Morgan fingerprint density at radius 2 is 1.91 bits per heavy atom. The Hall–Kier alpha value is -2.44. The lowest BCUT2D eigenvalue weighted by atomic mass is 9.93. The molecule has 1 amide bonds. The molecule has 0 unspecified atom stereocenters. The van der Waals surface area contributed by atoms with Crippen molar-refractivity contribution in [3.63, 3.8) is 0 Å². The molecule has 34 heavy (non-hydrogen) atoms. The standard InChI is InChI=1S/C27H29BrClN3O2/c1-17(33)9-10-19(21-7-3-4-8-23(21)29)16-30-27(34)25-18(2)26(32-13-5-6-14-32)31-24-12-11-20(28)15-22(24)25/h3-4,7-8,11-12,15,19H,5-6,9-10,13-14,16H2,1-2H3,(H,30,34)/t19-/m0/s1. The van der Waals surface area contributed by atoms with Crippen LogP contribution in [0.4, 0.5) is 5.82 Å². The number of carbonyl (C=O) groups is 2. The summed E-state index contributed by atoms with van der Waals surface area (Å²) >= 11 is 10.0. The van der Waals surface area contributed by atoms with Crippen molar-refractivity contribution in [3.8, 4) is 0 Å². The molecule has 1 fully saturated rings. The van der Waals surface area contributed by atoms with Crippen molar-refractivity contribution in [2.45, 2.75) is 45.4 Å². The van der Waals surface area contributed by atoms with Crippen molar-refractivity contribution in [1.29, 1.82) is 0 Å². The summed E-state index contributed by atoms with van der Waals surface area (Å²) in [5.74, 6) is 0.819. The maximum absolute atomic E-state index is 13.6. The number of aromatic nitrogens is 1. The zero-order chi connectivity index (χ0) is 24.2. The summed E-state index contributed by atoms with van der Waals surface area (Å²) in [6.07, 6.45) is 3.34. The number of pyridine rings is 1. The van der Waals surface area contributed by atoms with Gasteiger partial charge < -0.3 is 15.0 Å². The number of nitrogens with one attached hydrogen (secondary N) is 1. The fourth-order valence-corrected chi connectivity index (χ4v) is 5.35. The van der Waals surface area contributed by atoms with Crippen LogP contribution < -0.4 is 10.2 Å². The van der Waals surface area contributed by atoms with E-state index in [-0.39, 0.29) is 17.6 Å². The fourth-order valence-electron chi connectivity index (χ4n) is 4.70. The van der Waals surface area contributed by atoms with Crippen molar-refractivity contribution in [1.82, 2.24) is 10.3 Å². The molecule has 2 aromatic carbocycles. The summed E-state index contributed by atoms with van der Waals surface area (Å²) in [6, 6.07) is 13.5. The van der Waals surface area contributed by atoms with Crippen LogP contribution in [-0.2, 0) is 4.79 Å². The van der Waals surface area contributed by atoms with Gasteiger partial charge in [-0.2, -0.15) is 0 Å². The molecule has 0 bridgehead atoms. The number of rotatable bonds is 8. The molecule has 1 atom stereocenters. The first-order valence-corrected chi connectivity index (χ1v) is 12.9. The third-order valence-electron chi connectivity index (χ3n) is 6.50. The van der Waals surface area contributed by atoms with E-state index in [1.165, 1.54) is 0 Å². The van der Waals surface area contributed by atoms with Crippen LogP contribution in [0.2, 0.25) is 5.02 Å². The van der Waals surface area contributed by atoms with Crippen molar-refractivity contribution >= 4 is 55.9 Å². The quantitative estimate of drug-likeness (QED) is 0.356. The van der Waals surface area contributed by atoms with E-state index in [4.69, 9.17) is 16.6 Å². The summed E-state index contributed by atoms with van der Waals surface area (Å²) in [7, 11) is 0. The zero-order valence-corrected chi connectivity index (χ0v) is 21.9. The maximum atomic E-state index is 13.6. The molecule has 1 aliphatic heterocycles. The molecule has 1 saturated heterocycles. The van der Waals surface area contributed by atoms with Crippen LogP contribution in [-0.4, -0.2) is 36.3 Å². The van der Waals surface area contributed by atoms with Crippen LogP contribution in [0.1, 0.15) is 60.0 Å². The number of carbonyl (C=O) groups excluding carboxylic acids is 2. The van der Waals surface area contributed by atoms with Gasteiger partial charge in [0.1, 0.15) is 11.6 Å². The summed E-state index contributed by atoms with van der Waals surface area (Å²) in [6.45, 7) is 5.88. The minimum atomic E-state index is -0.136. The fraction of sp³-hybridized carbons (Fsp3) is 0.370. The van der Waals surface area contributed by atoms with Gasteiger partial charge in [-0.05, 0) is 62.9 Å². The molecule has 1 aliphatic rings. The highest BCUT2D eigenvalue weighted by atomic mass is 79.9. The highest BCUT2D eigenvalue weighted by Gasteiger charge is 2.24. The minimum Gasteiger partial charge on any atom is -0.356 e. The zero-order valence-electron chi connectivity index (χ0n) is 19.5. The van der Waals surface area contributed by atoms with E-state index in [1.807, 2.05) is 49.4 Å². The van der Waals surface area contributed by atoms with Gasteiger partial charge >= 0.3 is 0 Å². The van der Waals surface area contributed by atoms with Crippen molar-refractivity contribution in [2.24, 2.45) is 0 Å². The molecular formula is C27H29BrClN3O2. The van der Waals surface area contributed by atoms with Crippen LogP contribution in [0.3, 0.4) is 0 Å². The summed E-state index contributed by atoms with van der Waals surface area (Å²) < 4.78 is 0.902. The van der Waals surface area contributed by atoms with E-state index in [2.05, 4.69) is 26.1 Å². The Balaban J connectivity index is 1.67. The van der Waals surface area contributed by atoms with Gasteiger partial charge in [0.2, 0.25) is 0 Å². The predicted octanol–water partition coefficient (Wildman–Crippen LogP) is 6.44. The van der Waals surface area contributed by atoms with Gasteiger partial charge in [0, 0.05) is 52.4 Å². The summed E-state index contributed by atoms with van der Waals surface area (Å²) in [5, 5.41) is 4.62. The van der Waals surface area contributed by atoms with Crippen LogP contribution in [0, 0.1) is 6.92 Å². The first-order chi connectivity index (χ1) is 16.3. The SMILES string of the molecule is CC(=O)CC[C@@H](CNC(=O)c1c(C)c(N2CCCC2)nc2ccc(Br)cc12)c1ccccc1Cl. The van der Waals surface area contributed by atoms with E-state index in [1.54, 1.807) is 6.92 Å². The van der Waals surface area contributed by atoms with Crippen molar-refractivity contribution < 1.29 is 9.59 Å². The molecule has 4 rings (SSSR count). The third kappa shape index (κ3) is 5.44. The molecule has 1 aromatic heterocycles. The maximum Gasteiger partial charge on any atom is 0.252 e. The van der Waals surface area contributed by atoms with Gasteiger partial charge in [-0.25, -0.2) is 4.98 Å². The highest BCUT2D eigenvalue weighted by Crippen LogP contribution is 2.32. The second-order valence-corrected chi connectivity index (χ2v) is 10.3. The molecule has 7 heteroatoms. The summed E-state index contributed by atoms with van der Waals surface area (Å²) in [4.78, 5) is 32.5. The van der Waals surface area contributed by atoms with Gasteiger partial charge in [-0.3, -0.25) is 4.79 Å². The topological polar surface area (TPSA) is 62.3 Å². The van der Waals surface area contributed by atoms with Gasteiger partial charge in [-0.15, -0.1) is 0 Å². The van der Waals surface area contributed by atoms with E-state index < -0.39 is 0 Å². The number of ketones is 1. The van der Waals surface area contributed by atoms with Crippen LogP contribution in [0.25, 0.3) is 10.9 Å². The molecule has 5 nitrogen and oxygen atoms in total. The Morgan fingerprint density at radius 3 is 2.62 bits per heavy atom. The van der Waals surface area contributed by atoms with Gasteiger partial charge in [0.25, 0.3) is 5.91 Å². The number of fused-ring (bicyclic) bond motifs is 1. The number of anilines is 1. The van der Waals surface area contributed by atoms with Gasteiger partial charge in [-0.1, -0.05) is 45.7 Å². The average molecular weight is 543 g/mol.